The van der Waals surface area contributed by atoms with Crippen molar-refractivity contribution < 1.29 is 33.4 Å². The van der Waals surface area contributed by atoms with E-state index in [1.807, 2.05) is 0 Å². The highest BCUT2D eigenvalue weighted by Crippen LogP contribution is 2.17. The summed E-state index contributed by atoms with van der Waals surface area (Å²) in [6.07, 6.45) is 1.98. The van der Waals surface area contributed by atoms with Crippen LogP contribution in [0.15, 0.2) is 12.2 Å². The number of Topliss-reactive ketones (excluding diaryl/α,β-unsaturated/α-hetero) is 2. The summed E-state index contributed by atoms with van der Waals surface area (Å²) in [5, 5.41) is 2.22. The molecule has 1 amide bonds. The first-order chi connectivity index (χ1) is 10.6. The minimum atomic E-state index is -1.27. The Bertz CT molecular complexity index is 520. The van der Waals surface area contributed by atoms with Gasteiger partial charge in [0, 0.05) is 18.6 Å². The highest BCUT2D eigenvalue weighted by Gasteiger charge is 2.34. The number of esters is 2. The Morgan fingerprint density at radius 1 is 1.04 bits per heavy atom. The highest BCUT2D eigenvalue weighted by molar-refractivity contribution is 6.38. The molecule has 0 fully saturated rings. The SMILES string of the molecule is CCC(=O)CNC(=O)C(=O)C(C)(C)COC(=O)/C=C/C(=O)OC. The molecule has 0 aromatic heterocycles. The van der Waals surface area contributed by atoms with E-state index >= 15 is 0 Å². The first-order valence-electron chi connectivity index (χ1n) is 6.91. The van der Waals surface area contributed by atoms with Crippen LogP contribution in [0, 0.1) is 5.41 Å². The van der Waals surface area contributed by atoms with Gasteiger partial charge in [0.2, 0.25) is 5.78 Å². The van der Waals surface area contributed by atoms with Gasteiger partial charge in [0.05, 0.1) is 19.1 Å². The zero-order chi connectivity index (χ0) is 18.0. The van der Waals surface area contributed by atoms with Gasteiger partial charge in [0.1, 0.15) is 6.61 Å². The second kappa shape index (κ2) is 9.50. The number of ketones is 2. The van der Waals surface area contributed by atoms with Gasteiger partial charge in [-0.05, 0) is 13.8 Å². The van der Waals surface area contributed by atoms with E-state index in [0.717, 1.165) is 19.3 Å². The van der Waals surface area contributed by atoms with E-state index in [1.54, 1.807) is 6.92 Å². The fourth-order valence-corrected chi connectivity index (χ4v) is 1.26. The quantitative estimate of drug-likeness (QED) is 0.358. The molecule has 0 bridgehead atoms. The maximum Gasteiger partial charge on any atom is 0.331 e. The van der Waals surface area contributed by atoms with Crippen molar-refractivity contribution in [2.75, 3.05) is 20.3 Å². The number of carbonyl (C=O) groups excluding carboxylic acids is 5. The molecule has 1 N–H and O–H groups in total. The molecular formula is C15H21NO7. The van der Waals surface area contributed by atoms with Crippen LogP contribution < -0.4 is 5.32 Å². The number of ether oxygens (including phenoxy) is 2. The normalized spacial score (nSPS) is 11.0. The maximum absolute atomic E-state index is 12.0. The number of hydrogen-bond acceptors (Lipinski definition) is 7. The van der Waals surface area contributed by atoms with Crippen molar-refractivity contribution in [1.82, 2.24) is 5.32 Å². The molecule has 0 spiro atoms. The predicted molar refractivity (Wildman–Crippen MR) is 79.2 cm³/mol. The number of carbonyl (C=O) groups is 5. The van der Waals surface area contributed by atoms with Gasteiger partial charge >= 0.3 is 11.9 Å². The van der Waals surface area contributed by atoms with Gasteiger partial charge in [-0.1, -0.05) is 6.92 Å². The van der Waals surface area contributed by atoms with Gasteiger partial charge < -0.3 is 14.8 Å². The summed E-state index contributed by atoms with van der Waals surface area (Å²) in [6.45, 7) is 3.91. The summed E-state index contributed by atoms with van der Waals surface area (Å²) < 4.78 is 9.12. The summed E-state index contributed by atoms with van der Waals surface area (Å²) in [6, 6.07) is 0. The average Bonchev–Trinajstić information content (AvgIpc) is 2.54. The van der Waals surface area contributed by atoms with Crippen LogP contribution in [0.4, 0.5) is 0 Å². The second-order valence-corrected chi connectivity index (χ2v) is 5.25. The number of amides is 1. The van der Waals surface area contributed by atoms with Gasteiger partial charge in [-0.15, -0.1) is 0 Å². The first-order valence-corrected chi connectivity index (χ1v) is 6.91. The van der Waals surface area contributed by atoms with E-state index in [9.17, 15) is 24.0 Å². The Hall–Kier alpha value is -2.51. The third-order valence-electron chi connectivity index (χ3n) is 2.79. The molecule has 0 radical (unpaired) electrons. The lowest BCUT2D eigenvalue weighted by Gasteiger charge is -2.21. The monoisotopic (exact) mass is 327 g/mol. The van der Waals surface area contributed by atoms with Crippen molar-refractivity contribution in [3.63, 3.8) is 0 Å². The van der Waals surface area contributed by atoms with Crippen molar-refractivity contribution in [2.24, 2.45) is 5.41 Å². The fraction of sp³-hybridized carbons (Fsp3) is 0.533. The number of methoxy groups -OCH3 is 1. The van der Waals surface area contributed by atoms with Crippen LogP contribution in [0.3, 0.4) is 0 Å². The van der Waals surface area contributed by atoms with Crippen LogP contribution in [0.25, 0.3) is 0 Å². The van der Waals surface area contributed by atoms with E-state index in [2.05, 4.69) is 10.1 Å². The van der Waals surface area contributed by atoms with E-state index < -0.39 is 29.0 Å². The maximum atomic E-state index is 12.0. The molecule has 0 aromatic rings. The average molecular weight is 327 g/mol. The number of rotatable bonds is 9. The van der Waals surface area contributed by atoms with Crippen LogP contribution in [0.2, 0.25) is 0 Å². The minimum Gasteiger partial charge on any atom is -0.466 e. The van der Waals surface area contributed by atoms with Crippen molar-refractivity contribution in [3.8, 4) is 0 Å². The molecule has 8 nitrogen and oxygen atoms in total. The molecular weight excluding hydrogens is 306 g/mol. The van der Waals surface area contributed by atoms with E-state index in [0.29, 0.717) is 0 Å². The van der Waals surface area contributed by atoms with Crippen LogP contribution >= 0.6 is 0 Å². The lowest BCUT2D eigenvalue weighted by Crippen LogP contribution is -2.43. The van der Waals surface area contributed by atoms with Crippen LogP contribution in [0.5, 0.6) is 0 Å². The molecule has 0 atom stereocenters. The largest absolute Gasteiger partial charge is 0.466 e. The third-order valence-corrected chi connectivity index (χ3v) is 2.79. The molecule has 0 rings (SSSR count). The van der Waals surface area contributed by atoms with Crippen LogP contribution in [-0.4, -0.2) is 49.7 Å². The van der Waals surface area contributed by atoms with Gasteiger partial charge in [-0.2, -0.15) is 0 Å². The number of hydrogen-bond donors (Lipinski definition) is 1. The van der Waals surface area contributed by atoms with E-state index in [1.165, 1.54) is 13.8 Å². The van der Waals surface area contributed by atoms with Gasteiger partial charge in [0.25, 0.3) is 5.91 Å². The van der Waals surface area contributed by atoms with Gasteiger partial charge in [-0.3, -0.25) is 14.4 Å². The lowest BCUT2D eigenvalue weighted by molar-refractivity contribution is -0.150. The van der Waals surface area contributed by atoms with Crippen molar-refractivity contribution in [1.29, 1.82) is 0 Å². The Morgan fingerprint density at radius 2 is 1.61 bits per heavy atom. The molecule has 0 aliphatic rings. The second-order valence-electron chi connectivity index (χ2n) is 5.25. The zero-order valence-corrected chi connectivity index (χ0v) is 13.6. The third kappa shape index (κ3) is 7.89. The minimum absolute atomic E-state index is 0.205. The topological polar surface area (TPSA) is 116 Å². The first kappa shape index (κ1) is 20.5. The van der Waals surface area contributed by atoms with Crippen molar-refractivity contribution in [3.05, 3.63) is 12.2 Å². The summed E-state index contributed by atoms with van der Waals surface area (Å²) >= 11 is 0. The van der Waals surface area contributed by atoms with Crippen LogP contribution in [0.1, 0.15) is 27.2 Å². The summed E-state index contributed by atoms with van der Waals surface area (Å²) in [5.41, 5.74) is -1.27. The molecule has 8 heteroatoms. The highest BCUT2D eigenvalue weighted by atomic mass is 16.5. The van der Waals surface area contributed by atoms with Gasteiger partial charge in [0.15, 0.2) is 5.78 Å². The molecule has 0 aliphatic carbocycles. The Morgan fingerprint density at radius 3 is 2.13 bits per heavy atom. The summed E-state index contributed by atoms with van der Waals surface area (Å²) in [7, 11) is 1.15. The molecule has 0 saturated carbocycles. The molecule has 0 saturated heterocycles. The standard InChI is InChI=1S/C15H21NO7/c1-5-10(17)8-16-14(21)13(20)15(2,3)9-23-12(19)7-6-11(18)22-4/h6-7H,5,8-9H2,1-4H3,(H,16,21)/b7-6+. The number of nitrogens with one attached hydrogen (secondary N) is 1. The molecule has 0 aromatic carbocycles. The summed E-state index contributed by atoms with van der Waals surface area (Å²) in [4.78, 5) is 57.0. The Kier molecular flexibility index (Phi) is 8.46. The van der Waals surface area contributed by atoms with E-state index in [4.69, 9.17) is 4.74 Å². The predicted octanol–water partition coefficient (Wildman–Crippen LogP) is -0.0506. The molecule has 0 unspecified atom stereocenters. The fourth-order valence-electron chi connectivity index (χ4n) is 1.26. The summed E-state index contributed by atoms with van der Waals surface area (Å²) in [5.74, 6) is -3.51. The molecule has 0 aliphatic heterocycles. The van der Waals surface area contributed by atoms with Crippen LogP contribution in [-0.2, 0) is 33.4 Å². The Labute approximate surface area is 134 Å². The van der Waals surface area contributed by atoms with E-state index in [-0.39, 0.29) is 25.4 Å². The molecule has 23 heavy (non-hydrogen) atoms. The lowest BCUT2D eigenvalue weighted by atomic mass is 9.88. The smallest absolute Gasteiger partial charge is 0.331 e. The Balaban J connectivity index is 4.50. The zero-order valence-electron chi connectivity index (χ0n) is 13.6. The van der Waals surface area contributed by atoms with Gasteiger partial charge in [-0.25, -0.2) is 9.59 Å². The van der Waals surface area contributed by atoms with Crippen molar-refractivity contribution >= 4 is 29.4 Å². The molecule has 128 valence electrons. The van der Waals surface area contributed by atoms with Crippen molar-refractivity contribution in [2.45, 2.75) is 27.2 Å². The molecule has 0 heterocycles.